The van der Waals surface area contributed by atoms with Crippen molar-refractivity contribution in [2.75, 3.05) is 0 Å². The molecular weight excluding hydrogens is 295 g/mol. The van der Waals surface area contributed by atoms with Gasteiger partial charge in [-0.3, -0.25) is 4.79 Å². The molecule has 0 unspecified atom stereocenters. The first-order valence-electron chi connectivity index (χ1n) is 6.53. The first-order chi connectivity index (χ1) is 8.56. The molecule has 0 amide bonds. The third-order valence-electron chi connectivity index (χ3n) is 3.83. The molecule has 0 aromatic heterocycles. The SMILES string of the molecule is CC1CCC(C(=O)Cc2ccc(F)c(Br)c2)CC1. The summed E-state index contributed by atoms with van der Waals surface area (Å²) in [7, 11) is 0. The van der Waals surface area contributed by atoms with Gasteiger partial charge in [-0.1, -0.05) is 25.8 Å². The summed E-state index contributed by atoms with van der Waals surface area (Å²) in [5.41, 5.74) is 0.895. The Hall–Kier alpha value is -0.700. The van der Waals surface area contributed by atoms with E-state index >= 15 is 0 Å². The molecule has 0 heterocycles. The average molecular weight is 313 g/mol. The molecule has 18 heavy (non-hydrogen) atoms. The molecule has 1 aromatic carbocycles. The van der Waals surface area contributed by atoms with Gasteiger partial charge in [0.05, 0.1) is 4.47 Å². The van der Waals surface area contributed by atoms with Gasteiger partial charge in [-0.25, -0.2) is 4.39 Å². The summed E-state index contributed by atoms with van der Waals surface area (Å²) in [4.78, 5) is 12.2. The lowest BCUT2D eigenvalue weighted by Gasteiger charge is -2.25. The molecule has 1 aliphatic rings. The van der Waals surface area contributed by atoms with Gasteiger partial charge in [-0.2, -0.15) is 0 Å². The highest BCUT2D eigenvalue weighted by Crippen LogP contribution is 2.29. The fourth-order valence-corrected chi connectivity index (χ4v) is 3.00. The Kier molecular flexibility index (Phi) is 4.55. The number of rotatable bonds is 3. The van der Waals surface area contributed by atoms with Crippen LogP contribution in [-0.4, -0.2) is 5.78 Å². The van der Waals surface area contributed by atoms with Crippen LogP contribution in [0.2, 0.25) is 0 Å². The molecule has 98 valence electrons. The quantitative estimate of drug-likeness (QED) is 0.801. The molecule has 1 nitrogen and oxygen atoms in total. The number of benzene rings is 1. The Morgan fingerprint density at radius 2 is 2.00 bits per heavy atom. The zero-order valence-corrected chi connectivity index (χ0v) is 12.2. The van der Waals surface area contributed by atoms with Crippen molar-refractivity contribution in [2.24, 2.45) is 11.8 Å². The minimum absolute atomic E-state index is 0.213. The van der Waals surface area contributed by atoms with Crippen molar-refractivity contribution >= 4 is 21.7 Å². The van der Waals surface area contributed by atoms with E-state index in [2.05, 4.69) is 22.9 Å². The summed E-state index contributed by atoms with van der Waals surface area (Å²) in [6.07, 6.45) is 4.77. The Morgan fingerprint density at radius 3 is 2.61 bits per heavy atom. The molecule has 0 atom stereocenters. The van der Waals surface area contributed by atoms with E-state index < -0.39 is 0 Å². The van der Waals surface area contributed by atoms with Gasteiger partial charge in [0.15, 0.2) is 0 Å². The lowest BCUT2D eigenvalue weighted by Crippen LogP contribution is -2.22. The third kappa shape index (κ3) is 3.41. The van der Waals surface area contributed by atoms with Crippen molar-refractivity contribution in [1.82, 2.24) is 0 Å². The van der Waals surface area contributed by atoms with Crippen molar-refractivity contribution in [3.05, 3.63) is 34.1 Å². The number of carbonyl (C=O) groups excluding carboxylic acids is 1. The van der Waals surface area contributed by atoms with E-state index in [0.717, 1.165) is 37.2 Å². The fourth-order valence-electron chi connectivity index (χ4n) is 2.58. The standard InChI is InChI=1S/C15H18BrFO/c1-10-2-5-12(6-3-10)15(18)9-11-4-7-14(17)13(16)8-11/h4,7-8,10,12H,2-3,5-6,9H2,1H3. The lowest BCUT2D eigenvalue weighted by molar-refractivity contribution is -0.123. The Balaban J connectivity index is 1.96. The van der Waals surface area contributed by atoms with E-state index in [1.165, 1.54) is 6.07 Å². The largest absolute Gasteiger partial charge is 0.299 e. The minimum atomic E-state index is -0.280. The predicted molar refractivity (Wildman–Crippen MR) is 73.9 cm³/mol. The van der Waals surface area contributed by atoms with Crippen LogP contribution in [0.25, 0.3) is 0 Å². The van der Waals surface area contributed by atoms with E-state index in [1.54, 1.807) is 12.1 Å². The van der Waals surface area contributed by atoms with Crippen molar-refractivity contribution in [2.45, 2.75) is 39.0 Å². The maximum absolute atomic E-state index is 13.1. The summed E-state index contributed by atoms with van der Waals surface area (Å²) in [6.45, 7) is 2.25. The van der Waals surface area contributed by atoms with Crippen LogP contribution >= 0.6 is 15.9 Å². The van der Waals surface area contributed by atoms with E-state index in [-0.39, 0.29) is 11.7 Å². The van der Waals surface area contributed by atoms with Gasteiger partial charge in [0.25, 0.3) is 0 Å². The van der Waals surface area contributed by atoms with E-state index in [0.29, 0.717) is 16.7 Å². The van der Waals surface area contributed by atoms with Crippen molar-refractivity contribution in [3.63, 3.8) is 0 Å². The molecule has 1 fully saturated rings. The minimum Gasteiger partial charge on any atom is -0.299 e. The molecule has 0 saturated heterocycles. The monoisotopic (exact) mass is 312 g/mol. The summed E-state index contributed by atoms with van der Waals surface area (Å²) in [5, 5.41) is 0. The number of carbonyl (C=O) groups is 1. The van der Waals surface area contributed by atoms with Crippen LogP contribution in [0.4, 0.5) is 4.39 Å². The first kappa shape index (κ1) is 13.7. The second kappa shape index (κ2) is 5.96. The van der Waals surface area contributed by atoms with Crippen LogP contribution in [-0.2, 0) is 11.2 Å². The molecule has 0 N–H and O–H groups in total. The molecule has 1 saturated carbocycles. The van der Waals surface area contributed by atoms with Gasteiger partial charge < -0.3 is 0 Å². The van der Waals surface area contributed by atoms with E-state index in [1.807, 2.05) is 0 Å². The molecule has 3 heteroatoms. The Morgan fingerprint density at radius 1 is 1.33 bits per heavy atom. The highest BCUT2D eigenvalue weighted by Gasteiger charge is 2.24. The van der Waals surface area contributed by atoms with Gasteiger partial charge in [-0.15, -0.1) is 0 Å². The maximum atomic E-state index is 13.1. The Bertz CT molecular complexity index is 436. The maximum Gasteiger partial charge on any atom is 0.140 e. The number of halogens is 2. The Labute approximate surface area is 116 Å². The van der Waals surface area contributed by atoms with Gasteiger partial charge in [0, 0.05) is 12.3 Å². The van der Waals surface area contributed by atoms with Crippen LogP contribution in [0.5, 0.6) is 0 Å². The van der Waals surface area contributed by atoms with Crippen LogP contribution in [0.3, 0.4) is 0 Å². The van der Waals surface area contributed by atoms with Crippen molar-refractivity contribution in [1.29, 1.82) is 0 Å². The number of hydrogen-bond acceptors (Lipinski definition) is 1. The van der Waals surface area contributed by atoms with E-state index in [9.17, 15) is 9.18 Å². The molecular formula is C15H18BrFO. The zero-order chi connectivity index (χ0) is 13.1. The molecule has 1 aliphatic carbocycles. The number of Topliss-reactive ketones (excluding diaryl/α,β-unsaturated/α-hetero) is 1. The predicted octanol–water partition coefficient (Wildman–Crippen LogP) is 4.53. The van der Waals surface area contributed by atoms with Gasteiger partial charge in [0.1, 0.15) is 11.6 Å². The van der Waals surface area contributed by atoms with Crippen LogP contribution < -0.4 is 0 Å². The van der Waals surface area contributed by atoms with Crippen LogP contribution in [0.15, 0.2) is 22.7 Å². The second-order valence-electron chi connectivity index (χ2n) is 5.35. The van der Waals surface area contributed by atoms with Crippen molar-refractivity contribution in [3.8, 4) is 0 Å². The number of hydrogen-bond donors (Lipinski definition) is 0. The third-order valence-corrected chi connectivity index (χ3v) is 4.44. The van der Waals surface area contributed by atoms with Gasteiger partial charge in [0.2, 0.25) is 0 Å². The van der Waals surface area contributed by atoms with E-state index in [4.69, 9.17) is 0 Å². The highest BCUT2D eigenvalue weighted by atomic mass is 79.9. The normalized spacial score (nSPS) is 23.9. The van der Waals surface area contributed by atoms with Crippen molar-refractivity contribution < 1.29 is 9.18 Å². The summed E-state index contributed by atoms with van der Waals surface area (Å²) >= 11 is 3.15. The second-order valence-corrected chi connectivity index (χ2v) is 6.20. The lowest BCUT2D eigenvalue weighted by atomic mass is 9.80. The molecule has 2 rings (SSSR count). The average Bonchev–Trinajstić information content (AvgIpc) is 2.34. The summed E-state index contributed by atoms with van der Waals surface area (Å²) < 4.78 is 13.5. The van der Waals surface area contributed by atoms with Gasteiger partial charge in [-0.05, 0) is 52.4 Å². The molecule has 0 aliphatic heterocycles. The van der Waals surface area contributed by atoms with Gasteiger partial charge >= 0.3 is 0 Å². The first-order valence-corrected chi connectivity index (χ1v) is 7.32. The topological polar surface area (TPSA) is 17.1 Å². The molecule has 0 radical (unpaired) electrons. The summed E-state index contributed by atoms with van der Waals surface area (Å²) in [6, 6.07) is 4.82. The number of ketones is 1. The van der Waals surface area contributed by atoms with Crippen LogP contribution in [0.1, 0.15) is 38.2 Å². The molecule has 1 aromatic rings. The smallest absolute Gasteiger partial charge is 0.140 e. The molecule has 0 spiro atoms. The summed E-state index contributed by atoms with van der Waals surface area (Å²) in [5.74, 6) is 0.997. The van der Waals surface area contributed by atoms with Crippen LogP contribution in [0, 0.1) is 17.7 Å². The zero-order valence-electron chi connectivity index (χ0n) is 10.6. The highest BCUT2D eigenvalue weighted by molar-refractivity contribution is 9.10. The fraction of sp³-hybridized carbons (Fsp3) is 0.533. The molecule has 0 bridgehead atoms.